The van der Waals surface area contributed by atoms with Crippen molar-refractivity contribution in [3.8, 4) is 0 Å². The summed E-state index contributed by atoms with van der Waals surface area (Å²) in [6.45, 7) is 6.89. The van der Waals surface area contributed by atoms with Gasteiger partial charge < -0.3 is 114 Å². The molecule has 0 bridgehead atoms. The molecule has 0 aromatic heterocycles. The Morgan fingerprint density at radius 2 is 1.23 bits per heavy atom. The summed E-state index contributed by atoms with van der Waals surface area (Å²) in [4.78, 5) is 0. The molecule has 31 atom stereocenters. The molecular formula is C50H80O23. The molecule has 3 saturated carbocycles. The van der Waals surface area contributed by atoms with Crippen molar-refractivity contribution in [3.63, 3.8) is 0 Å². The molecule has 0 radical (unpaired) electrons. The topological polar surface area (TPSA) is 355 Å². The standard InChI is InChI=1S/C50H80O23/c1-19-7-10-50(65-17-19)20(2)32-28(73-50)12-24-22-6-5-21-11-27(25(54)13-49(21,4)23(22)8-9-48(24,32)3)66-45-40(63)37(60)41(31(16-53)69-45)70-47-43(72-46-39(62)36(59)34(57)29(14-51)67-46)42(35(58)30(15-52)68-47)71-44-38(61)33(56)26(55)18-64-44/h5,19-20,22-47,51-63H,6-18H2,1-4H3/t19?,20-,22?,23?,24?,25+,26?,27?,28?,29?,30?,31?,32?,33?,34?,35?,36?,37?,38?,39?,40?,41?,42?,43?,44?,45?,46?,47?,48-,49-,50+/m0/s1. The van der Waals surface area contributed by atoms with Gasteiger partial charge in [0.05, 0.1) is 51.3 Å². The average Bonchev–Trinajstić information content (AvgIpc) is 3.82. The lowest BCUT2D eigenvalue weighted by molar-refractivity contribution is -0.404. The summed E-state index contributed by atoms with van der Waals surface area (Å²) in [7, 11) is 0. The zero-order valence-electron chi connectivity index (χ0n) is 41.8. The Hall–Kier alpha value is -1.18. The number of ether oxygens (including phenoxy) is 10. The molecule has 9 fully saturated rings. The maximum atomic E-state index is 11.9. The first-order chi connectivity index (χ1) is 34.7. The molecule has 10 rings (SSSR count). The highest BCUT2D eigenvalue weighted by atomic mass is 16.8. The van der Waals surface area contributed by atoms with Crippen molar-refractivity contribution in [2.24, 2.45) is 46.3 Å². The molecule has 1 spiro atoms. The van der Waals surface area contributed by atoms with Crippen LogP contribution in [0, 0.1) is 46.3 Å². The van der Waals surface area contributed by atoms with E-state index in [0.29, 0.717) is 48.3 Å². The van der Waals surface area contributed by atoms with Crippen molar-refractivity contribution in [3.05, 3.63) is 11.6 Å². The summed E-state index contributed by atoms with van der Waals surface area (Å²) < 4.78 is 61.0. The predicted octanol–water partition coefficient (Wildman–Crippen LogP) is -3.38. The van der Waals surface area contributed by atoms with Crippen molar-refractivity contribution < 1.29 is 114 Å². The van der Waals surface area contributed by atoms with Gasteiger partial charge in [-0.15, -0.1) is 0 Å². The third-order valence-corrected chi connectivity index (χ3v) is 19.5. The zero-order chi connectivity index (χ0) is 52.2. The monoisotopic (exact) mass is 1050 g/mol. The second-order valence-electron chi connectivity index (χ2n) is 23.6. The van der Waals surface area contributed by atoms with Crippen molar-refractivity contribution in [1.29, 1.82) is 0 Å². The van der Waals surface area contributed by atoms with E-state index >= 15 is 0 Å². The van der Waals surface area contributed by atoms with Gasteiger partial charge >= 0.3 is 0 Å². The minimum absolute atomic E-state index is 0.101. The third-order valence-electron chi connectivity index (χ3n) is 19.5. The van der Waals surface area contributed by atoms with Crippen LogP contribution in [0.25, 0.3) is 0 Å². The number of hydrogen-bond donors (Lipinski definition) is 13. The number of aliphatic hydroxyl groups is 13. The van der Waals surface area contributed by atoms with E-state index in [2.05, 4.69) is 33.8 Å². The first kappa shape index (κ1) is 55.1. The number of hydrogen-bond acceptors (Lipinski definition) is 23. The van der Waals surface area contributed by atoms with Crippen molar-refractivity contribution in [2.75, 3.05) is 33.0 Å². The summed E-state index contributed by atoms with van der Waals surface area (Å²) in [6, 6.07) is 0. The fourth-order valence-electron chi connectivity index (χ4n) is 15.3. The lowest BCUT2D eigenvalue weighted by Gasteiger charge is -2.59. The SMILES string of the molecule is CC1CC[C@@]2(OC1)OC1CC3C4CC=C5CC(OC6OC(CO)C(OC7OC(CO)C(O)C(OC8OCC(O)C(O)C8O)C7OC7OC(CO)C(O)C(O)C7O)C(O)C6O)[C@H](O)C[C@]5(C)C4CC[C@]3(C)C1[C@@H]2C. The summed E-state index contributed by atoms with van der Waals surface area (Å²) >= 11 is 0. The Labute approximate surface area is 423 Å². The summed E-state index contributed by atoms with van der Waals surface area (Å²) in [5.74, 6) is 1.91. The second-order valence-corrected chi connectivity index (χ2v) is 23.6. The molecule has 23 nitrogen and oxygen atoms in total. The van der Waals surface area contributed by atoms with E-state index in [0.717, 1.165) is 50.7 Å². The van der Waals surface area contributed by atoms with E-state index in [9.17, 15) is 66.4 Å². The zero-order valence-corrected chi connectivity index (χ0v) is 41.8. The fraction of sp³-hybridized carbons (Fsp3) is 0.960. The number of allylic oxidation sites excluding steroid dienone is 1. The minimum Gasteiger partial charge on any atom is -0.394 e. The van der Waals surface area contributed by atoms with Gasteiger partial charge in [0.2, 0.25) is 0 Å². The molecule has 418 valence electrons. The molecule has 0 aromatic rings. The van der Waals surface area contributed by atoms with Crippen LogP contribution in [0.4, 0.5) is 0 Å². The van der Waals surface area contributed by atoms with Gasteiger partial charge in [-0.25, -0.2) is 0 Å². The van der Waals surface area contributed by atoms with E-state index in [-0.39, 0.29) is 16.9 Å². The van der Waals surface area contributed by atoms with Crippen LogP contribution >= 0.6 is 0 Å². The summed E-state index contributed by atoms with van der Waals surface area (Å²) in [5, 5.41) is 141. The van der Waals surface area contributed by atoms with E-state index in [1.807, 2.05) is 0 Å². The Bertz CT molecular complexity index is 1920. The number of rotatable bonds is 11. The molecule has 73 heavy (non-hydrogen) atoms. The van der Waals surface area contributed by atoms with E-state index in [1.54, 1.807) is 0 Å². The van der Waals surface area contributed by atoms with Gasteiger partial charge in [0, 0.05) is 12.3 Å². The van der Waals surface area contributed by atoms with Gasteiger partial charge in [-0.1, -0.05) is 39.3 Å². The van der Waals surface area contributed by atoms with Crippen LogP contribution in [0.1, 0.15) is 79.1 Å². The predicted molar refractivity (Wildman–Crippen MR) is 244 cm³/mol. The molecular weight excluding hydrogens is 969 g/mol. The minimum atomic E-state index is -2.02. The van der Waals surface area contributed by atoms with Crippen LogP contribution in [0.3, 0.4) is 0 Å². The maximum absolute atomic E-state index is 11.9. The second kappa shape index (κ2) is 21.1. The van der Waals surface area contributed by atoms with Crippen LogP contribution in [-0.2, 0) is 47.4 Å². The highest BCUT2D eigenvalue weighted by Crippen LogP contribution is 2.71. The van der Waals surface area contributed by atoms with E-state index in [1.165, 1.54) is 0 Å². The fourth-order valence-corrected chi connectivity index (χ4v) is 15.3. The highest BCUT2D eigenvalue weighted by molar-refractivity contribution is 5.27. The largest absolute Gasteiger partial charge is 0.394 e. The maximum Gasteiger partial charge on any atom is 0.187 e. The molecule has 6 heterocycles. The molecule has 6 saturated heterocycles. The Morgan fingerprint density at radius 3 is 1.93 bits per heavy atom. The smallest absolute Gasteiger partial charge is 0.187 e. The molecule has 6 aliphatic heterocycles. The van der Waals surface area contributed by atoms with Crippen LogP contribution in [0.15, 0.2) is 11.6 Å². The molecule has 10 aliphatic rings. The normalized spacial score (nSPS) is 57.1. The van der Waals surface area contributed by atoms with Crippen LogP contribution in [0.5, 0.6) is 0 Å². The molecule has 0 amide bonds. The van der Waals surface area contributed by atoms with Gasteiger partial charge in [0.25, 0.3) is 0 Å². The van der Waals surface area contributed by atoms with Gasteiger partial charge in [-0.2, -0.15) is 0 Å². The van der Waals surface area contributed by atoms with Crippen molar-refractivity contribution in [1.82, 2.24) is 0 Å². The van der Waals surface area contributed by atoms with E-state index < -0.39 is 161 Å². The Balaban J connectivity index is 0.837. The quantitative estimate of drug-likeness (QED) is 0.0898. The number of aliphatic hydroxyl groups excluding tert-OH is 13. The van der Waals surface area contributed by atoms with Crippen molar-refractivity contribution in [2.45, 2.75) is 220 Å². The summed E-state index contributed by atoms with van der Waals surface area (Å²) in [5.41, 5.74) is 0.927. The van der Waals surface area contributed by atoms with Gasteiger partial charge in [-0.05, 0) is 85.4 Å². The Morgan fingerprint density at radius 1 is 0.603 bits per heavy atom. The highest BCUT2D eigenvalue weighted by Gasteiger charge is 2.69. The molecule has 4 aliphatic carbocycles. The van der Waals surface area contributed by atoms with Crippen LogP contribution < -0.4 is 0 Å². The van der Waals surface area contributed by atoms with E-state index in [4.69, 9.17) is 47.4 Å². The lowest BCUT2D eigenvalue weighted by Crippen LogP contribution is -2.68. The lowest BCUT2D eigenvalue weighted by atomic mass is 9.46. The third kappa shape index (κ3) is 9.41. The van der Waals surface area contributed by atoms with Gasteiger partial charge in [0.15, 0.2) is 30.9 Å². The first-order valence-corrected chi connectivity index (χ1v) is 26.5. The van der Waals surface area contributed by atoms with Gasteiger partial charge in [-0.3, -0.25) is 0 Å². The summed E-state index contributed by atoms with van der Waals surface area (Å²) in [6.07, 6.45) is -26.6. The molecule has 26 unspecified atom stereocenters. The molecule has 13 N–H and O–H groups in total. The van der Waals surface area contributed by atoms with Crippen LogP contribution in [-0.4, -0.2) is 240 Å². The number of fused-ring (bicyclic) bond motifs is 7. The Kier molecular flexibility index (Phi) is 16.0. The van der Waals surface area contributed by atoms with Gasteiger partial charge in [0.1, 0.15) is 91.6 Å². The average molecular weight is 1050 g/mol. The van der Waals surface area contributed by atoms with Crippen molar-refractivity contribution >= 4 is 0 Å². The van der Waals surface area contributed by atoms with Crippen LogP contribution in [0.2, 0.25) is 0 Å². The molecule has 0 aromatic carbocycles. The first-order valence-electron chi connectivity index (χ1n) is 26.5. The molecule has 23 heteroatoms.